The second-order valence-electron chi connectivity index (χ2n) is 3.42. The van der Waals surface area contributed by atoms with Crippen LogP contribution in [0.2, 0.25) is 5.02 Å². The molecule has 1 aromatic rings. The zero-order chi connectivity index (χ0) is 12.7. The monoisotopic (exact) mass is 277 g/mol. The van der Waals surface area contributed by atoms with Gasteiger partial charge in [-0.2, -0.15) is 0 Å². The average Bonchev–Trinajstić information content (AvgIpc) is 2.35. The summed E-state index contributed by atoms with van der Waals surface area (Å²) in [7, 11) is 0. The van der Waals surface area contributed by atoms with E-state index in [4.69, 9.17) is 16.7 Å². The fourth-order valence-corrected chi connectivity index (χ4v) is 2.05. The summed E-state index contributed by atoms with van der Waals surface area (Å²) in [5, 5.41) is 22.1. The number of rotatable bonds is 7. The first kappa shape index (κ1) is 14.5. The molecule has 7 heteroatoms. The van der Waals surface area contributed by atoms with Crippen LogP contribution in [0.1, 0.15) is 13.3 Å². The molecule has 0 radical (unpaired) electrons. The van der Waals surface area contributed by atoms with Crippen LogP contribution in [-0.4, -0.2) is 45.2 Å². The summed E-state index contributed by atoms with van der Waals surface area (Å²) < 4.78 is 0. The lowest BCUT2D eigenvalue weighted by Crippen LogP contribution is -2.15. The first-order chi connectivity index (χ1) is 8.17. The van der Waals surface area contributed by atoms with Crippen molar-refractivity contribution in [2.45, 2.75) is 24.5 Å². The van der Waals surface area contributed by atoms with Gasteiger partial charge in [-0.3, -0.25) is 0 Å². The Bertz CT molecular complexity index is 354. The lowest BCUT2D eigenvalue weighted by atomic mass is 10.4. The number of hydrogen-bond donors (Lipinski definition) is 3. The minimum Gasteiger partial charge on any atom is -0.394 e. The van der Waals surface area contributed by atoms with E-state index in [-0.39, 0.29) is 6.61 Å². The number of nitrogens with one attached hydrogen (secondary N) is 1. The van der Waals surface area contributed by atoms with Crippen molar-refractivity contribution in [1.82, 2.24) is 9.97 Å². The van der Waals surface area contributed by atoms with Gasteiger partial charge in [0.2, 0.25) is 5.95 Å². The van der Waals surface area contributed by atoms with Gasteiger partial charge >= 0.3 is 0 Å². The van der Waals surface area contributed by atoms with Gasteiger partial charge in [0.1, 0.15) is 5.03 Å². The number of anilines is 1. The normalized spacial score (nSPS) is 12.5. The van der Waals surface area contributed by atoms with Gasteiger partial charge in [-0.25, -0.2) is 9.97 Å². The summed E-state index contributed by atoms with van der Waals surface area (Å²) >= 11 is 7.23. The van der Waals surface area contributed by atoms with Crippen LogP contribution >= 0.6 is 23.4 Å². The minimum absolute atomic E-state index is 0.267. The molecule has 5 nitrogen and oxygen atoms in total. The van der Waals surface area contributed by atoms with Crippen LogP contribution in [-0.2, 0) is 0 Å². The predicted octanol–water partition coefficient (Wildman–Crippen LogP) is 1.40. The maximum absolute atomic E-state index is 9.25. The molecule has 0 bridgehead atoms. The van der Waals surface area contributed by atoms with Crippen LogP contribution in [0.5, 0.6) is 0 Å². The van der Waals surface area contributed by atoms with Crippen molar-refractivity contribution in [3.63, 3.8) is 0 Å². The average molecular weight is 278 g/mol. The third-order valence-corrected chi connectivity index (χ3v) is 3.39. The Hall–Kier alpha value is -0.560. The number of thioether (sulfide) groups is 1. The lowest BCUT2D eigenvalue weighted by Gasteiger charge is -2.09. The Balaban J connectivity index is 2.62. The molecule has 17 heavy (non-hydrogen) atoms. The van der Waals surface area contributed by atoms with E-state index in [1.807, 2.05) is 0 Å². The zero-order valence-electron chi connectivity index (χ0n) is 9.56. The number of aromatic nitrogens is 2. The maximum atomic E-state index is 9.25. The summed E-state index contributed by atoms with van der Waals surface area (Å²) in [4.78, 5) is 8.28. The van der Waals surface area contributed by atoms with Gasteiger partial charge in [-0.1, -0.05) is 18.5 Å². The Kier molecular flexibility index (Phi) is 6.57. The van der Waals surface area contributed by atoms with E-state index in [9.17, 15) is 5.11 Å². The highest BCUT2D eigenvalue weighted by molar-refractivity contribution is 7.99. The van der Waals surface area contributed by atoms with Crippen LogP contribution in [0.3, 0.4) is 0 Å². The van der Waals surface area contributed by atoms with E-state index in [1.165, 1.54) is 18.0 Å². The van der Waals surface area contributed by atoms with Crippen LogP contribution in [0, 0.1) is 0 Å². The van der Waals surface area contributed by atoms with Crippen LogP contribution in [0.15, 0.2) is 11.2 Å². The molecule has 0 aliphatic heterocycles. The Morgan fingerprint density at radius 1 is 1.59 bits per heavy atom. The first-order valence-corrected chi connectivity index (χ1v) is 6.71. The SMILES string of the molecule is CCCNc1ncc(Cl)c(SCC(O)CO)n1. The Labute approximate surface area is 110 Å². The molecule has 1 rings (SSSR count). The van der Waals surface area contributed by atoms with Gasteiger partial charge in [-0.05, 0) is 6.42 Å². The van der Waals surface area contributed by atoms with E-state index >= 15 is 0 Å². The van der Waals surface area contributed by atoms with Gasteiger partial charge in [0.25, 0.3) is 0 Å². The van der Waals surface area contributed by atoms with Crippen molar-refractivity contribution in [2.75, 3.05) is 24.2 Å². The van der Waals surface area contributed by atoms with Gasteiger partial charge in [-0.15, -0.1) is 11.8 Å². The smallest absolute Gasteiger partial charge is 0.223 e. The highest BCUT2D eigenvalue weighted by Gasteiger charge is 2.09. The summed E-state index contributed by atoms with van der Waals surface area (Å²) in [5.74, 6) is 0.873. The largest absolute Gasteiger partial charge is 0.394 e. The molecule has 0 saturated heterocycles. The second kappa shape index (κ2) is 7.71. The van der Waals surface area contributed by atoms with Crippen molar-refractivity contribution in [1.29, 1.82) is 0 Å². The third kappa shape index (κ3) is 5.08. The lowest BCUT2D eigenvalue weighted by molar-refractivity contribution is 0.113. The number of halogens is 1. The van der Waals surface area contributed by atoms with Crippen molar-refractivity contribution in [3.8, 4) is 0 Å². The van der Waals surface area contributed by atoms with Gasteiger partial charge in [0.15, 0.2) is 0 Å². The number of aliphatic hydroxyl groups is 2. The summed E-state index contributed by atoms with van der Waals surface area (Å²) in [6.45, 7) is 2.58. The van der Waals surface area contributed by atoms with Crippen molar-refractivity contribution >= 4 is 29.3 Å². The molecule has 0 spiro atoms. The number of aliphatic hydroxyl groups excluding tert-OH is 2. The quantitative estimate of drug-likeness (QED) is 0.516. The standard InChI is InChI=1S/C10H16ClN3O2S/c1-2-3-12-10-13-4-8(11)9(14-10)17-6-7(16)5-15/h4,7,15-16H,2-3,5-6H2,1H3,(H,12,13,14). The zero-order valence-corrected chi connectivity index (χ0v) is 11.1. The molecular weight excluding hydrogens is 262 g/mol. The van der Waals surface area contributed by atoms with Crippen LogP contribution in [0.4, 0.5) is 5.95 Å². The fourth-order valence-electron chi connectivity index (χ4n) is 1.00. The second-order valence-corrected chi connectivity index (χ2v) is 4.84. The summed E-state index contributed by atoms with van der Waals surface area (Å²) in [5.41, 5.74) is 0. The van der Waals surface area contributed by atoms with Crippen LogP contribution < -0.4 is 5.32 Å². The minimum atomic E-state index is -0.766. The highest BCUT2D eigenvalue weighted by atomic mass is 35.5. The topological polar surface area (TPSA) is 78.3 Å². The van der Waals surface area contributed by atoms with E-state index in [2.05, 4.69) is 22.2 Å². The Morgan fingerprint density at radius 3 is 3.00 bits per heavy atom. The summed E-state index contributed by atoms with van der Waals surface area (Å²) in [6, 6.07) is 0. The van der Waals surface area contributed by atoms with Crippen molar-refractivity contribution < 1.29 is 10.2 Å². The molecule has 1 aromatic heterocycles. The fraction of sp³-hybridized carbons (Fsp3) is 0.600. The molecule has 1 heterocycles. The van der Waals surface area contributed by atoms with Gasteiger partial charge < -0.3 is 15.5 Å². The molecule has 0 aliphatic carbocycles. The van der Waals surface area contributed by atoms with E-state index in [1.54, 1.807) is 0 Å². The molecule has 96 valence electrons. The van der Waals surface area contributed by atoms with Gasteiger partial charge in [0.05, 0.1) is 23.9 Å². The molecule has 1 unspecified atom stereocenters. The van der Waals surface area contributed by atoms with E-state index in [0.29, 0.717) is 21.7 Å². The van der Waals surface area contributed by atoms with E-state index < -0.39 is 6.10 Å². The maximum Gasteiger partial charge on any atom is 0.223 e. The number of hydrogen-bond acceptors (Lipinski definition) is 6. The number of nitrogens with zero attached hydrogens (tertiary/aromatic N) is 2. The summed E-state index contributed by atoms with van der Waals surface area (Å²) in [6.07, 6.45) is 1.75. The van der Waals surface area contributed by atoms with Gasteiger partial charge in [0, 0.05) is 12.3 Å². The molecule has 0 saturated carbocycles. The van der Waals surface area contributed by atoms with E-state index in [0.717, 1.165) is 13.0 Å². The molecule has 0 amide bonds. The molecular formula is C10H16ClN3O2S. The molecule has 3 N–H and O–H groups in total. The molecule has 0 aromatic carbocycles. The first-order valence-electron chi connectivity index (χ1n) is 5.35. The Morgan fingerprint density at radius 2 is 2.35 bits per heavy atom. The van der Waals surface area contributed by atoms with Crippen molar-refractivity contribution in [3.05, 3.63) is 11.2 Å². The predicted molar refractivity (Wildman–Crippen MR) is 69.6 cm³/mol. The molecule has 0 aliphatic rings. The highest BCUT2D eigenvalue weighted by Crippen LogP contribution is 2.25. The third-order valence-electron chi connectivity index (χ3n) is 1.87. The molecule has 1 atom stereocenters. The molecule has 0 fully saturated rings. The van der Waals surface area contributed by atoms with Crippen molar-refractivity contribution in [2.24, 2.45) is 0 Å². The van der Waals surface area contributed by atoms with Crippen LogP contribution in [0.25, 0.3) is 0 Å².